The molecule has 1 aromatic carbocycles. The summed E-state index contributed by atoms with van der Waals surface area (Å²) in [5, 5.41) is 9.22. The zero-order valence-electron chi connectivity index (χ0n) is 10.6. The second-order valence-electron chi connectivity index (χ2n) is 4.08. The summed E-state index contributed by atoms with van der Waals surface area (Å²) in [6.07, 6.45) is -0.104. The maximum atomic E-state index is 11.7. The van der Waals surface area contributed by atoms with E-state index in [0.717, 1.165) is 4.90 Å². The summed E-state index contributed by atoms with van der Waals surface area (Å²) >= 11 is 0. The van der Waals surface area contributed by atoms with Crippen LogP contribution in [0, 0.1) is 0 Å². The molecule has 0 heterocycles. The van der Waals surface area contributed by atoms with Crippen molar-refractivity contribution in [2.24, 2.45) is 5.73 Å². The van der Waals surface area contributed by atoms with Crippen molar-refractivity contribution in [1.82, 2.24) is 0 Å². The number of carboxylic acid groups (broad SMARTS) is 1. The number of para-hydroxylation sites is 1. The van der Waals surface area contributed by atoms with E-state index in [2.05, 4.69) is 0 Å². The van der Waals surface area contributed by atoms with Crippen LogP contribution in [0.25, 0.3) is 0 Å². The van der Waals surface area contributed by atoms with Crippen molar-refractivity contribution < 1.29 is 19.5 Å². The average molecular weight is 288 g/mol. The van der Waals surface area contributed by atoms with Gasteiger partial charge in [-0.3, -0.25) is 14.5 Å². The second-order valence-corrected chi connectivity index (χ2v) is 4.08. The van der Waals surface area contributed by atoms with Crippen LogP contribution in [-0.2, 0) is 14.4 Å². The molecule has 1 unspecified atom stereocenters. The number of carbonyl (C=O) groups excluding carboxylic acids is 2. The van der Waals surface area contributed by atoms with Gasteiger partial charge in [-0.25, -0.2) is 4.79 Å². The van der Waals surface area contributed by atoms with E-state index in [4.69, 9.17) is 5.73 Å². The Morgan fingerprint density at radius 2 is 1.80 bits per heavy atom. The van der Waals surface area contributed by atoms with E-state index in [-0.39, 0.29) is 42.4 Å². The molecule has 104 valence electrons. The van der Waals surface area contributed by atoms with Crippen molar-refractivity contribution in [1.29, 1.82) is 0 Å². The zero-order valence-corrected chi connectivity index (χ0v) is 10.6. The number of anilines is 1. The molecule has 7 heteroatoms. The fourth-order valence-electron chi connectivity index (χ4n) is 1.81. The van der Waals surface area contributed by atoms with Crippen LogP contribution in [0.15, 0.2) is 30.3 Å². The van der Waals surface area contributed by atoms with Gasteiger partial charge in [0.2, 0.25) is 11.8 Å². The van der Waals surface area contributed by atoms with Gasteiger partial charge in [-0.2, -0.15) is 0 Å². The first-order valence-electron chi connectivity index (χ1n) is 5.79. The molecule has 1 atom stereocenters. The number of amides is 2. The second kappa shape index (κ2) is 8.73. The predicted molar refractivity (Wildman–Crippen MR) is 76.6 cm³/mol. The molecule has 0 radical (unpaired) electrons. The van der Waals surface area contributed by atoms with E-state index in [0.29, 0.717) is 5.69 Å². The number of hydrogen-bond acceptors (Lipinski definition) is 3. The molecular formula is C13H17N2NaO4. The number of aliphatic carboxylic acids is 1. The predicted octanol–water partition coefficient (Wildman–Crippen LogP) is 0.110. The van der Waals surface area contributed by atoms with Crippen LogP contribution < -0.4 is 10.6 Å². The number of hydrogen-bond donors (Lipinski definition) is 2. The Bertz CT molecular complexity index is 479. The summed E-state index contributed by atoms with van der Waals surface area (Å²) in [6.45, 7) is 1.28. The van der Waals surface area contributed by atoms with Crippen molar-refractivity contribution >= 4 is 53.0 Å². The van der Waals surface area contributed by atoms with Crippen LogP contribution in [0.3, 0.4) is 0 Å². The zero-order chi connectivity index (χ0) is 14.4. The van der Waals surface area contributed by atoms with Gasteiger partial charge in [0.25, 0.3) is 0 Å². The first-order valence-corrected chi connectivity index (χ1v) is 5.79. The number of benzene rings is 1. The van der Waals surface area contributed by atoms with E-state index in [1.807, 2.05) is 0 Å². The van der Waals surface area contributed by atoms with Crippen LogP contribution in [0.1, 0.15) is 19.8 Å². The number of carbonyl (C=O) groups is 3. The summed E-state index contributed by atoms with van der Waals surface area (Å²) in [7, 11) is 0. The molecule has 0 spiro atoms. The molecule has 0 bridgehead atoms. The molecule has 6 nitrogen and oxygen atoms in total. The summed E-state index contributed by atoms with van der Waals surface area (Å²) in [5.41, 5.74) is 5.50. The molecule has 0 fully saturated rings. The Balaban J connectivity index is 0.00000361. The SMILES string of the molecule is CC(=O)N(c1ccccc1)C(CCC(N)=O)C(=O)O.[NaH]. The third kappa shape index (κ3) is 5.32. The van der Waals surface area contributed by atoms with Crippen LogP contribution >= 0.6 is 0 Å². The van der Waals surface area contributed by atoms with Crippen LogP contribution in [0.4, 0.5) is 5.69 Å². The first-order chi connectivity index (χ1) is 8.93. The average Bonchev–Trinajstić information content (AvgIpc) is 2.34. The van der Waals surface area contributed by atoms with Crippen LogP contribution in [-0.4, -0.2) is 58.5 Å². The third-order valence-corrected chi connectivity index (χ3v) is 2.63. The Hall–Kier alpha value is -1.37. The van der Waals surface area contributed by atoms with Crippen molar-refractivity contribution in [2.75, 3.05) is 4.90 Å². The van der Waals surface area contributed by atoms with Gasteiger partial charge in [0, 0.05) is 19.0 Å². The van der Waals surface area contributed by atoms with Gasteiger partial charge >= 0.3 is 35.5 Å². The van der Waals surface area contributed by atoms with Crippen LogP contribution in [0.2, 0.25) is 0 Å². The molecule has 0 aromatic heterocycles. The molecule has 1 rings (SSSR count). The Kier molecular flexibility index (Phi) is 8.13. The van der Waals surface area contributed by atoms with Gasteiger partial charge in [0.15, 0.2) is 0 Å². The molecule has 0 saturated carbocycles. The van der Waals surface area contributed by atoms with Gasteiger partial charge in [-0.05, 0) is 18.6 Å². The fraction of sp³-hybridized carbons (Fsp3) is 0.308. The molecule has 2 amide bonds. The molecule has 0 aliphatic carbocycles. The number of primary amides is 1. The van der Waals surface area contributed by atoms with Crippen LogP contribution in [0.5, 0.6) is 0 Å². The topological polar surface area (TPSA) is 101 Å². The Labute approximate surface area is 139 Å². The third-order valence-electron chi connectivity index (χ3n) is 2.63. The fourth-order valence-corrected chi connectivity index (χ4v) is 1.81. The van der Waals surface area contributed by atoms with E-state index in [1.165, 1.54) is 6.92 Å². The van der Waals surface area contributed by atoms with Gasteiger partial charge < -0.3 is 10.8 Å². The molecule has 0 aliphatic heterocycles. The normalized spacial score (nSPS) is 11.1. The Morgan fingerprint density at radius 3 is 2.20 bits per heavy atom. The number of nitrogens with two attached hydrogens (primary N) is 1. The molecule has 3 N–H and O–H groups in total. The minimum atomic E-state index is -1.17. The summed E-state index contributed by atoms with van der Waals surface area (Å²) < 4.78 is 0. The quantitative estimate of drug-likeness (QED) is 0.725. The van der Waals surface area contributed by atoms with Crippen molar-refractivity contribution in [2.45, 2.75) is 25.8 Å². The summed E-state index contributed by atoms with van der Waals surface area (Å²) in [4.78, 5) is 34.9. The maximum absolute atomic E-state index is 11.7. The minimum absolute atomic E-state index is 0. The van der Waals surface area contributed by atoms with Crippen molar-refractivity contribution in [3.63, 3.8) is 0 Å². The first kappa shape index (κ1) is 18.6. The van der Waals surface area contributed by atoms with E-state index < -0.39 is 23.8 Å². The van der Waals surface area contributed by atoms with Gasteiger partial charge in [0.1, 0.15) is 6.04 Å². The number of carboxylic acids is 1. The van der Waals surface area contributed by atoms with Gasteiger partial charge in [0.05, 0.1) is 0 Å². The van der Waals surface area contributed by atoms with E-state index in [1.54, 1.807) is 30.3 Å². The monoisotopic (exact) mass is 288 g/mol. The van der Waals surface area contributed by atoms with Gasteiger partial charge in [-0.1, -0.05) is 18.2 Å². The van der Waals surface area contributed by atoms with Crippen molar-refractivity contribution in [3.05, 3.63) is 30.3 Å². The molecule has 0 saturated heterocycles. The van der Waals surface area contributed by atoms with E-state index in [9.17, 15) is 19.5 Å². The van der Waals surface area contributed by atoms with Crippen molar-refractivity contribution in [3.8, 4) is 0 Å². The van der Waals surface area contributed by atoms with Gasteiger partial charge in [-0.15, -0.1) is 0 Å². The standard InChI is InChI=1S/C13H16N2O4.Na.H/c1-9(16)15(10-5-3-2-4-6-10)11(13(18)19)7-8-12(14)17;;/h2-6,11H,7-8H2,1H3,(H2,14,17)(H,18,19);;. The van der Waals surface area contributed by atoms with E-state index >= 15 is 0 Å². The summed E-state index contributed by atoms with van der Waals surface area (Å²) in [5.74, 6) is -2.16. The summed E-state index contributed by atoms with van der Waals surface area (Å²) in [6, 6.07) is 7.35. The molecule has 20 heavy (non-hydrogen) atoms. The Morgan fingerprint density at radius 1 is 1.25 bits per heavy atom. The number of rotatable bonds is 6. The number of nitrogens with zero attached hydrogens (tertiary/aromatic N) is 1. The molecule has 1 aromatic rings. The molecule has 0 aliphatic rings. The molecular weight excluding hydrogens is 271 g/mol.